The summed E-state index contributed by atoms with van der Waals surface area (Å²) in [4.78, 5) is 0. The predicted octanol–water partition coefficient (Wildman–Crippen LogP) is 2.14. The zero-order chi connectivity index (χ0) is 12.2. The van der Waals surface area contributed by atoms with E-state index in [2.05, 4.69) is 31.1 Å². The molecule has 0 unspecified atom stereocenters. The third-order valence-corrected chi connectivity index (χ3v) is 4.05. The number of hydrogen-bond acceptors (Lipinski definition) is 2. The van der Waals surface area contributed by atoms with E-state index in [4.69, 9.17) is 5.73 Å². The first kappa shape index (κ1) is 13.8. The topological polar surface area (TPSA) is 46.2 Å². The summed E-state index contributed by atoms with van der Waals surface area (Å²) in [6.07, 6.45) is 5.52. The molecule has 16 heavy (non-hydrogen) atoms. The van der Waals surface area contributed by atoms with Gasteiger partial charge >= 0.3 is 0 Å². The quantitative estimate of drug-likeness (QED) is 0.573. The molecule has 92 valence electrons. The van der Waals surface area contributed by atoms with Crippen LogP contribution >= 0.6 is 0 Å². The lowest BCUT2D eigenvalue weighted by atomic mass is 9.82. The van der Waals surface area contributed by atoms with Crippen molar-refractivity contribution >= 4 is 8.07 Å². The van der Waals surface area contributed by atoms with Crippen molar-refractivity contribution < 1.29 is 5.11 Å². The lowest BCUT2D eigenvalue weighted by molar-refractivity contribution is 0.148. The van der Waals surface area contributed by atoms with Crippen LogP contribution in [-0.4, -0.2) is 25.3 Å². The number of aliphatic hydroxyl groups excluding tert-OH is 1. The Bertz CT molecular complexity index is 268. The van der Waals surface area contributed by atoms with Crippen LogP contribution in [0, 0.1) is 17.4 Å². The van der Waals surface area contributed by atoms with Gasteiger partial charge in [0, 0.05) is 6.04 Å². The highest BCUT2D eigenvalue weighted by Gasteiger charge is 2.25. The third-order valence-electron chi connectivity index (χ3n) is 3.15. The van der Waals surface area contributed by atoms with Crippen molar-refractivity contribution in [3.8, 4) is 11.5 Å². The molecule has 0 aromatic heterocycles. The Morgan fingerprint density at radius 3 is 2.25 bits per heavy atom. The summed E-state index contributed by atoms with van der Waals surface area (Å²) in [5, 5.41) is 9.96. The minimum absolute atomic E-state index is 0.149. The molecule has 0 radical (unpaired) electrons. The molecule has 0 aromatic carbocycles. The second-order valence-electron chi connectivity index (χ2n) is 5.94. The Hall–Kier alpha value is -0.303. The molecule has 1 aliphatic rings. The molecular weight excluding hydrogens is 214 g/mol. The molecule has 2 atom stereocenters. The molecule has 2 nitrogen and oxygen atoms in total. The highest BCUT2D eigenvalue weighted by Crippen LogP contribution is 2.26. The maximum Gasteiger partial charge on any atom is 0.129 e. The standard InChI is InChI=1S/C13H25NOSi/c1-16(2,3)10-9-12(15)13(14)11-7-5-4-6-8-11/h11-13,15H,4-8,14H2,1-3H3/t12-,13+/m1/s1. The normalized spacial score (nSPS) is 22.1. The average molecular weight is 239 g/mol. The number of aliphatic hydroxyl groups is 1. The van der Waals surface area contributed by atoms with E-state index in [1.165, 1.54) is 19.3 Å². The van der Waals surface area contributed by atoms with Crippen molar-refractivity contribution in [3.05, 3.63) is 0 Å². The van der Waals surface area contributed by atoms with E-state index in [9.17, 15) is 5.11 Å². The van der Waals surface area contributed by atoms with E-state index in [0.717, 1.165) is 12.8 Å². The van der Waals surface area contributed by atoms with E-state index in [1.807, 2.05) is 0 Å². The fourth-order valence-electron chi connectivity index (χ4n) is 2.16. The number of rotatable bonds is 2. The van der Waals surface area contributed by atoms with Gasteiger partial charge in [-0.25, -0.2) is 0 Å². The van der Waals surface area contributed by atoms with E-state index in [-0.39, 0.29) is 6.04 Å². The molecule has 0 spiro atoms. The van der Waals surface area contributed by atoms with Gasteiger partial charge < -0.3 is 10.8 Å². The minimum atomic E-state index is -1.39. The van der Waals surface area contributed by atoms with E-state index >= 15 is 0 Å². The van der Waals surface area contributed by atoms with Crippen LogP contribution in [0.3, 0.4) is 0 Å². The highest BCUT2D eigenvalue weighted by atomic mass is 28.3. The molecule has 0 aliphatic heterocycles. The summed E-state index contributed by atoms with van der Waals surface area (Å²) in [5.74, 6) is 3.43. The second kappa shape index (κ2) is 5.86. The summed E-state index contributed by atoms with van der Waals surface area (Å²) >= 11 is 0. The van der Waals surface area contributed by atoms with Gasteiger partial charge in [-0.05, 0) is 18.8 Å². The fourth-order valence-corrected chi connectivity index (χ4v) is 2.74. The van der Waals surface area contributed by atoms with Gasteiger partial charge in [-0.15, -0.1) is 5.54 Å². The van der Waals surface area contributed by atoms with Crippen LogP contribution in [0.4, 0.5) is 0 Å². The van der Waals surface area contributed by atoms with Gasteiger partial charge in [0.2, 0.25) is 0 Å². The molecule has 1 aliphatic carbocycles. The van der Waals surface area contributed by atoms with E-state index in [1.54, 1.807) is 0 Å². The van der Waals surface area contributed by atoms with Crippen molar-refractivity contribution in [2.24, 2.45) is 11.7 Å². The first-order chi connectivity index (χ1) is 7.40. The van der Waals surface area contributed by atoms with Gasteiger partial charge in [0.15, 0.2) is 0 Å². The largest absolute Gasteiger partial charge is 0.379 e. The molecule has 0 aromatic rings. The van der Waals surface area contributed by atoms with Gasteiger partial charge in [-0.2, -0.15) is 0 Å². The Morgan fingerprint density at radius 1 is 1.19 bits per heavy atom. The van der Waals surface area contributed by atoms with Crippen LogP contribution < -0.4 is 5.73 Å². The SMILES string of the molecule is C[Si](C)(C)C#C[C@@H](O)[C@@H](N)C1CCCCC1. The van der Waals surface area contributed by atoms with Crippen molar-refractivity contribution in [3.63, 3.8) is 0 Å². The van der Waals surface area contributed by atoms with Crippen molar-refractivity contribution in [2.75, 3.05) is 0 Å². The Labute approximate surface area is 101 Å². The van der Waals surface area contributed by atoms with Gasteiger partial charge in [0.25, 0.3) is 0 Å². The van der Waals surface area contributed by atoms with Gasteiger partial charge in [0.1, 0.15) is 14.2 Å². The van der Waals surface area contributed by atoms with Crippen LogP contribution in [0.2, 0.25) is 19.6 Å². The minimum Gasteiger partial charge on any atom is -0.379 e. The van der Waals surface area contributed by atoms with Crippen LogP contribution in [-0.2, 0) is 0 Å². The smallest absolute Gasteiger partial charge is 0.129 e. The average Bonchev–Trinajstić information content (AvgIpc) is 2.25. The van der Waals surface area contributed by atoms with Crippen LogP contribution in [0.25, 0.3) is 0 Å². The molecule has 0 heterocycles. The highest BCUT2D eigenvalue weighted by molar-refractivity contribution is 6.83. The van der Waals surface area contributed by atoms with E-state index < -0.39 is 14.2 Å². The fraction of sp³-hybridized carbons (Fsp3) is 0.846. The monoisotopic (exact) mass is 239 g/mol. The van der Waals surface area contributed by atoms with Crippen LogP contribution in [0.15, 0.2) is 0 Å². The van der Waals surface area contributed by atoms with Crippen molar-refractivity contribution in [1.29, 1.82) is 0 Å². The number of hydrogen-bond donors (Lipinski definition) is 2. The van der Waals surface area contributed by atoms with E-state index in [0.29, 0.717) is 5.92 Å². The Kier molecular flexibility index (Phi) is 5.04. The second-order valence-corrected chi connectivity index (χ2v) is 10.7. The molecular formula is C13H25NOSi. The summed E-state index contributed by atoms with van der Waals surface area (Å²) in [6, 6.07) is -0.149. The molecule has 0 amide bonds. The zero-order valence-electron chi connectivity index (χ0n) is 10.8. The summed E-state index contributed by atoms with van der Waals surface area (Å²) < 4.78 is 0. The predicted molar refractivity (Wildman–Crippen MR) is 71.7 cm³/mol. The Morgan fingerprint density at radius 2 is 1.75 bits per heavy atom. The third kappa shape index (κ3) is 4.69. The van der Waals surface area contributed by atoms with Gasteiger partial charge in [-0.3, -0.25) is 0 Å². The Balaban J connectivity index is 2.51. The van der Waals surface area contributed by atoms with Crippen LogP contribution in [0.5, 0.6) is 0 Å². The van der Waals surface area contributed by atoms with Gasteiger partial charge in [0.05, 0.1) is 0 Å². The summed E-state index contributed by atoms with van der Waals surface area (Å²) in [7, 11) is -1.39. The molecule has 1 rings (SSSR count). The van der Waals surface area contributed by atoms with Crippen molar-refractivity contribution in [2.45, 2.75) is 63.9 Å². The summed E-state index contributed by atoms with van der Waals surface area (Å²) in [5.41, 5.74) is 9.28. The molecule has 3 N–H and O–H groups in total. The lowest BCUT2D eigenvalue weighted by Gasteiger charge is -2.28. The molecule has 1 saturated carbocycles. The van der Waals surface area contributed by atoms with Crippen LogP contribution in [0.1, 0.15) is 32.1 Å². The molecule has 1 fully saturated rings. The molecule has 0 bridgehead atoms. The maximum atomic E-state index is 9.96. The first-order valence-corrected chi connectivity index (χ1v) is 9.86. The number of nitrogens with two attached hydrogens (primary N) is 1. The summed E-state index contributed by atoms with van der Waals surface area (Å²) in [6.45, 7) is 6.54. The first-order valence-electron chi connectivity index (χ1n) is 6.36. The van der Waals surface area contributed by atoms with Crippen molar-refractivity contribution in [1.82, 2.24) is 0 Å². The molecule has 0 saturated heterocycles. The van der Waals surface area contributed by atoms with Gasteiger partial charge in [-0.1, -0.05) is 44.8 Å². The molecule has 3 heteroatoms. The maximum absolute atomic E-state index is 9.96. The zero-order valence-corrected chi connectivity index (χ0v) is 11.8. The lowest BCUT2D eigenvalue weighted by Crippen LogP contribution is -2.41.